The van der Waals surface area contributed by atoms with Gasteiger partial charge in [0.05, 0.1) is 5.02 Å². The largest absolute Gasteiger partial charge is 0.299 e. The number of hydrogen-bond donors (Lipinski definition) is 0. The van der Waals surface area contributed by atoms with Crippen molar-refractivity contribution in [3.05, 3.63) is 27.7 Å². The molecule has 1 fully saturated rings. The SMILES string of the molecule is CC1CN(S(=O)(=O)c2ccc(Br)cc2Cl)CCC1=O. The molecule has 7 heteroatoms. The third-order valence-electron chi connectivity index (χ3n) is 3.15. The number of piperidine rings is 1. The molecule has 4 nitrogen and oxygen atoms in total. The van der Waals surface area contributed by atoms with Crippen LogP contribution in [0.2, 0.25) is 5.02 Å². The smallest absolute Gasteiger partial charge is 0.244 e. The van der Waals surface area contributed by atoms with Crippen molar-refractivity contribution < 1.29 is 13.2 Å². The van der Waals surface area contributed by atoms with Gasteiger partial charge >= 0.3 is 0 Å². The lowest BCUT2D eigenvalue weighted by molar-refractivity contribution is -0.124. The number of sulfonamides is 1. The number of halogens is 2. The fourth-order valence-electron chi connectivity index (χ4n) is 2.02. The van der Waals surface area contributed by atoms with Gasteiger partial charge < -0.3 is 0 Å². The van der Waals surface area contributed by atoms with Crippen LogP contribution in [0.5, 0.6) is 0 Å². The highest BCUT2D eigenvalue weighted by Gasteiger charge is 2.33. The van der Waals surface area contributed by atoms with Crippen LogP contribution in [0.15, 0.2) is 27.6 Å². The van der Waals surface area contributed by atoms with E-state index in [0.717, 1.165) is 4.47 Å². The van der Waals surface area contributed by atoms with Crippen molar-refractivity contribution in [2.75, 3.05) is 13.1 Å². The van der Waals surface area contributed by atoms with E-state index < -0.39 is 10.0 Å². The third-order valence-corrected chi connectivity index (χ3v) is 5.99. The molecular weight excluding hydrogens is 354 g/mol. The number of benzene rings is 1. The van der Waals surface area contributed by atoms with E-state index in [0.29, 0.717) is 0 Å². The van der Waals surface area contributed by atoms with Gasteiger partial charge in [-0.05, 0) is 18.2 Å². The summed E-state index contributed by atoms with van der Waals surface area (Å²) < 4.78 is 27.0. The van der Waals surface area contributed by atoms with E-state index in [1.54, 1.807) is 19.1 Å². The van der Waals surface area contributed by atoms with Gasteiger partial charge in [-0.25, -0.2) is 8.42 Å². The molecule has 1 aliphatic heterocycles. The minimum atomic E-state index is -3.64. The monoisotopic (exact) mass is 365 g/mol. The lowest BCUT2D eigenvalue weighted by atomic mass is 10.0. The maximum Gasteiger partial charge on any atom is 0.244 e. The summed E-state index contributed by atoms with van der Waals surface area (Å²) in [5.41, 5.74) is 0. The Morgan fingerprint density at radius 3 is 2.68 bits per heavy atom. The van der Waals surface area contributed by atoms with Crippen LogP contribution in [0, 0.1) is 5.92 Å². The summed E-state index contributed by atoms with van der Waals surface area (Å²) in [6.07, 6.45) is 0.258. The number of rotatable bonds is 2. The summed E-state index contributed by atoms with van der Waals surface area (Å²) in [5, 5.41) is 0.180. The van der Waals surface area contributed by atoms with E-state index in [1.165, 1.54) is 10.4 Å². The lowest BCUT2D eigenvalue weighted by Gasteiger charge is -2.29. The molecular formula is C12H13BrClNO3S. The molecule has 1 unspecified atom stereocenters. The molecule has 0 saturated carbocycles. The van der Waals surface area contributed by atoms with Crippen LogP contribution >= 0.6 is 27.5 Å². The second-order valence-electron chi connectivity index (χ2n) is 4.56. The van der Waals surface area contributed by atoms with Gasteiger partial charge in [0.15, 0.2) is 0 Å². The zero-order chi connectivity index (χ0) is 14.2. The molecule has 0 aromatic heterocycles. The molecule has 104 valence electrons. The first-order chi connectivity index (χ1) is 8.82. The minimum absolute atomic E-state index is 0.0823. The van der Waals surface area contributed by atoms with Gasteiger partial charge in [0, 0.05) is 29.9 Å². The first kappa shape index (κ1) is 15.0. The van der Waals surface area contributed by atoms with Crippen molar-refractivity contribution in [3.8, 4) is 0 Å². The fourth-order valence-corrected chi connectivity index (χ4v) is 4.56. The van der Waals surface area contributed by atoms with Crippen LogP contribution in [-0.2, 0) is 14.8 Å². The van der Waals surface area contributed by atoms with Crippen molar-refractivity contribution in [2.24, 2.45) is 5.92 Å². The second kappa shape index (κ2) is 5.52. The van der Waals surface area contributed by atoms with Crippen molar-refractivity contribution >= 4 is 43.3 Å². The van der Waals surface area contributed by atoms with E-state index in [2.05, 4.69) is 15.9 Å². The van der Waals surface area contributed by atoms with Crippen LogP contribution in [0.25, 0.3) is 0 Å². The Kier molecular flexibility index (Phi) is 4.35. The fraction of sp³-hybridized carbons (Fsp3) is 0.417. The number of hydrogen-bond acceptors (Lipinski definition) is 3. The van der Waals surface area contributed by atoms with Gasteiger partial charge in [-0.1, -0.05) is 34.5 Å². The van der Waals surface area contributed by atoms with Crippen LogP contribution in [0.4, 0.5) is 0 Å². The molecule has 0 radical (unpaired) electrons. The van der Waals surface area contributed by atoms with E-state index in [-0.39, 0.29) is 41.1 Å². The quantitative estimate of drug-likeness (QED) is 0.808. The molecule has 1 heterocycles. The van der Waals surface area contributed by atoms with E-state index in [9.17, 15) is 13.2 Å². The number of Topliss-reactive ketones (excluding diaryl/α,β-unsaturated/α-hetero) is 1. The van der Waals surface area contributed by atoms with Crippen molar-refractivity contribution in [1.29, 1.82) is 0 Å². The maximum atomic E-state index is 12.5. The van der Waals surface area contributed by atoms with Gasteiger partial charge in [0.1, 0.15) is 10.7 Å². The molecule has 1 aromatic carbocycles. The van der Waals surface area contributed by atoms with Gasteiger partial charge in [0.25, 0.3) is 0 Å². The highest BCUT2D eigenvalue weighted by atomic mass is 79.9. The molecule has 1 atom stereocenters. The predicted octanol–water partition coefficient (Wildman–Crippen LogP) is 2.70. The zero-order valence-corrected chi connectivity index (χ0v) is 13.4. The van der Waals surface area contributed by atoms with Crippen molar-refractivity contribution in [3.63, 3.8) is 0 Å². The molecule has 0 N–H and O–H groups in total. The average molecular weight is 367 g/mol. The van der Waals surface area contributed by atoms with Gasteiger partial charge in [-0.2, -0.15) is 4.31 Å². The van der Waals surface area contributed by atoms with Gasteiger partial charge in [0.2, 0.25) is 10.0 Å². The molecule has 19 heavy (non-hydrogen) atoms. The average Bonchev–Trinajstić information content (AvgIpc) is 2.32. The topological polar surface area (TPSA) is 54.5 Å². The first-order valence-corrected chi connectivity index (χ1v) is 8.41. The Balaban J connectivity index is 2.35. The highest BCUT2D eigenvalue weighted by Crippen LogP contribution is 2.29. The number of carbonyl (C=O) groups is 1. The van der Waals surface area contributed by atoms with Crippen LogP contribution in [0.1, 0.15) is 13.3 Å². The molecule has 1 aliphatic rings. The Morgan fingerprint density at radius 1 is 1.42 bits per heavy atom. The maximum absolute atomic E-state index is 12.5. The zero-order valence-electron chi connectivity index (χ0n) is 10.3. The van der Waals surface area contributed by atoms with Crippen LogP contribution in [0.3, 0.4) is 0 Å². The Morgan fingerprint density at radius 2 is 2.11 bits per heavy atom. The van der Waals surface area contributed by atoms with Crippen LogP contribution < -0.4 is 0 Å². The van der Waals surface area contributed by atoms with E-state index in [4.69, 9.17) is 11.6 Å². The lowest BCUT2D eigenvalue weighted by Crippen LogP contribution is -2.43. The summed E-state index contributed by atoms with van der Waals surface area (Å²) >= 11 is 9.23. The molecule has 0 bridgehead atoms. The number of ketones is 1. The molecule has 0 spiro atoms. The summed E-state index contributed by atoms with van der Waals surface area (Å²) in [4.78, 5) is 11.5. The molecule has 2 rings (SSSR count). The second-order valence-corrected chi connectivity index (χ2v) is 7.78. The van der Waals surface area contributed by atoms with Gasteiger partial charge in [-0.15, -0.1) is 0 Å². The summed E-state index contributed by atoms with van der Waals surface area (Å²) in [5.74, 6) is -0.161. The Hall–Kier alpha value is -0.430. The van der Waals surface area contributed by atoms with E-state index >= 15 is 0 Å². The highest BCUT2D eigenvalue weighted by molar-refractivity contribution is 9.10. The molecule has 1 saturated heterocycles. The first-order valence-electron chi connectivity index (χ1n) is 5.80. The molecule has 1 aromatic rings. The standard InChI is InChI=1S/C12H13BrClNO3S/c1-8-7-15(5-4-11(8)16)19(17,18)12-3-2-9(13)6-10(12)14/h2-3,6,8H,4-5,7H2,1H3. The third kappa shape index (κ3) is 3.02. The van der Waals surface area contributed by atoms with Crippen molar-refractivity contribution in [1.82, 2.24) is 4.31 Å². The summed E-state index contributed by atoms with van der Waals surface area (Å²) in [7, 11) is -3.64. The van der Waals surface area contributed by atoms with Gasteiger partial charge in [-0.3, -0.25) is 4.79 Å². The molecule has 0 amide bonds. The minimum Gasteiger partial charge on any atom is -0.299 e. The normalized spacial score (nSPS) is 21.6. The Labute approximate surface area is 125 Å². The summed E-state index contributed by atoms with van der Waals surface area (Å²) in [6, 6.07) is 4.66. The van der Waals surface area contributed by atoms with Crippen molar-refractivity contribution in [2.45, 2.75) is 18.2 Å². The summed E-state index contributed by atoms with van der Waals surface area (Å²) in [6.45, 7) is 2.18. The number of nitrogens with zero attached hydrogens (tertiary/aromatic N) is 1. The van der Waals surface area contributed by atoms with Crippen LogP contribution in [-0.4, -0.2) is 31.6 Å². The molecule has 0 aliphatic carbocycles. The Bertz CT molecular complexity index is 617. The number of carbonyl (C=O) groups excluding carboxylic acids is 1. The van der Waals surface area contributed by atoms with E-state index in [1.807, 2.05) is 0 Å². The predicted molar refractivity (Wildman–Crippen MR) is 76.7 cm³/mol.